The van der Waals surface area contributed by atoms with Crippen molar-refractivity contribution in [2.24, 2.45) is 0 Å². The Kier molecular flexibility index (Phi) is 3.49. The van der Waals surface area contributed by atoms with E-state index in [9.17, 15) is 4.79 Å². The van der Waals surface area contributed by atoms with Crippen LogP contribution in [0.2, 0.25) is 5.02 Å². The fourth-order valence-electron chi connectivity index (χ4n) is 2.73. The van der Waals surface area contributed by atoms with Crippen LogP contribution in [-0.2, 0) is 6.42 Å². The number of ketones is 1. The maximum absolute atomic E-state index is 11.4. The van der Waals surface area contributed by atoms with Crippen molar-refractivity contribution >= 4 is 28.8 Å². The van der Waals surface area contributed by atoms with Gasteiger partial charge in [-0.1, -0.05) is 29.8 Å². The van der Waals surface area contributed by atoms with Crippen molar-refractivity contribution in [2.75, 3.05) is 11.4 Å². The predicted molar refractivity (Wildman–Crippen MR) is 83.2 cm³/mol. The number of nitrogens with zero attached hydrogens (tertiary/aromatic N) is 1. The Bertz CT molecular complexity index is 666. The first-order valence-electron chi connectivity index (χ1n) is 6.83. The summed E-state index contributed by atoms with van der Waals surface area (Å²) in [5, 5.41) is 0.634. The predicted octanol–water partition coefficient (Wildman–Crippen LogP) is 4.63. The molecule has 0 radical (unpaired) electrons. The van der Waals surface area contributed by atoms with Crippen molar-refractivity contribution in [1.29, 1.82) is 0 Å². The Morgan fingerprint density at radius 3 is 2.70 bits per heavy atom. The van der Waals surface area contributed by atoms with E-state index in [-0.39, 0.29) is 5.78 Å². The standard InChI is InChI=1S/C17H16ClNO/c1-12(20)14-8-9-17(15(18)11-14)19-10-4-6-13-5-2-3-7-16(13)19/h2-3,5,7-9,11H,4,6,10H2,1H3. The molecule has 2 aromatic carbocycles. The van der Waals surface area contributed by atoms with Gasteiger partial charge < -0.3 is 4.90 Å². The molecule has 20 heavy (non-hydrogen) atoms. The van der Waals surface area contributed by atoms with Gasteiger partial charge in [0, 0.05) is 17.8 Å². The van der Waals surface area contributed by atoms with Crippen LogP contribution in [0.5, 0.6) is 0 Å². The molecule has 0 unspecified atom stereocenters. The molecule has 0 fully saturated rings. The van der Waals surface area contributed by atoms with Crippen LogP contribution in [0, 0.1) is 0 Å². The number of halogens is 1. The van der Waals surface area contributed by atoms with Gasteiger partial charge >= 0.3 is 0 Å². The molecule has 0 atom stereocenters. The Balaban J connectivity index is 2.04. The van der Waals surface area contributed by atoms with E-state index in [2.05, 4.69) is 29.2 Å². The summed E-state index contributed by atoms with van der Waals surface area (Å²) in [6, 6.07) is 14.0. The molecule has 1 heterocycles. The van der Waals surface area contributed by atoms with E-state index < -0.39 is 0 Å². The zero-order valence-electron chi connectivity index (χ0n) is 11.4. The van der Waals surface area contributed by atoms with Crippen molar-refractivity contribution in [1.82, 2.24) is 0 Å². The number of Topliss-reactive ketones (excluding diaryl/α,β-unsaturated/α-hetero) is 1. The summed E-state index contributed by atoms with van der Waals surface area (Å²) in [5.74, 6) is 0.0393. The first-order valence-corrected chi connectivity index (χ1v) is 7.20. The number of aryl methyl sites for hydroxylation is 1. The molecule has 3 rings (SSSR count). The zero-order valence-corrected chi connectivity index (χ0v) is 12.2. The largest absolute Gasteiger partial charge is 0.340 e. The third kappa shape index (κ3) is 2.32. The van der Waals surface area contributed by atoms with Gasteiger partial charge in [0.15, 0.2) is 5.78 Å². The van der Waals surface area contributed by atoms with Gasteiger partial charge in [0.05, 0.1) is 10.7 Å². The number of fused-ring (bicyclic) bond motifs is 1. The van der Waals surface area contributed by atoms with E-state index in [1.165, 1.54) is 11.3 Å². The summed E-state index contributed by atoms with van der Waals surface area (Å²) >= 11 is 6.38. The molecule has 0 amide bonds. The van der Waals surface area contributed by atoms with Gasteiger partial charge in [0.2, 0.25) is 0 Å². The molecule has 1 aliphatic heterocycles. The lowest BCUT2D eigenvalue weighted by atomic mass is 10.0. The maximum Gasteiger partial charge on any atom is 0.159 e. The molecule has 2 nitrogen and oxygen atoms in total. The number of benzene rings is 2. The van der Waals surface area contributed by atoms with Crippen LogP contribution in [0.25, 0.3) is 0 Å². The molecule has 0 N–H and O–H groups in total. The Hall–Kier alpha value is -1.80. The van der Waals surface area contributed by atoms with Crippen LogP contribution in [-0.4, -0.2) is 12.3 Å². The van der Waals surface area contributed by atoms with Crippen LogP contribution < -0.4 is 4.90 Å². The Morgan fingerprint density at radius 2 is 1.95 bits per heavy atom. The second kappa shape index (κ2) is 5.29. The minimum absolute atomic E-state index is 0.0393. The summed E-state index contributed by atoms with van der Waals surface area (Å²) in [6.45, 7) is 2.51. The highest BCUT2D eigenvalue weighted by Gasteiger charge is 2.20. The van der Waals surface area contributed by atoms with Gasteiger partial charge in [-0.2, -0.15) is 0 Å². The van der Waals surface area contributed by atoms with Crippen molar-refractivity contribution in [2.45, 2.75) is 19.8 Å². The Labute approximate surface area is 124 Å². The molecular formula is C17H16ClNO. The minimum atomic E-state index is 0.0393. The van der Waals surface area contributed by atoms with Gasteiger partial charge in [0.25, 0.3) is 0 Å². The number of hydrogen-bond acceptors (Lipinski definition) is 2. The smallest absolute Gasteiger partial charge is 0.159 e. The fraction of sp³-hybridized carbons (Fsp3) is 0.235. The van der Waals surface area contributed by atoms with E-state index in [0.717, 1.165) is 25.1 Å². The van der Waals surface area contributed by atoms with Crippen molar-refractivity contribution in [3.05, 3.63) is 58.6 Å². The summed E-state index contributed by atoms with van der Waals surface area (Å²) < 4.78 is 0. The quantitative estimate of drug-likeness (QED) is 0.750. The highest BCUT2D eigenvalue weighted by molar-refractivity contribution is 6.33. The summed E-state index contributed by atoms with van der Waals surface area (Å²) in [7, 11) is 0. The van der Waals surface area contributed by atoms with E-state index in [1.54, 1.807) is 13.0 Å². The average Bonchev–Trinajstić information content (AvgIpc) is 2.46. The molecule has 0 aliphatic carbocycles. The SMILES string of the molecule is CC(=O)c1ccc(N2CCCc3ccccc32)c(Cl)c1. The highest BCUT2D eigenvalue weighted by atomic mass is 35.5. The molecule has 1 aliphatic rings. The second-order valence-corrected chi connectivity index (χ2v) is 5.51. The lowest BCUT2D eigenvalue weighted by molar-refractivity contribution is 0.101. The Morgan fingerprint density at radius 1 is 1.15 bits per heavy atom. The van der Waals surface area contributed by atoms with Gasteiger partial charge in [-0.15, -0.1) is 0 Å². The molecule has 0 aromatic heterocycles. The lowest BCUT2D eigenvalue weighted by Crippen LogP contribution is -2.24. The van der Waals surface area contributed by atoms with Crippen molar-refractivity contribution < 1.29 is 4.79 Å². The topological polar surface area (TPSA) is 20.3 Å². The average molecular weight is 286 g/mol. The third-order valence-corrected chi connectivity index (χ3v) is 4.06. The summed E-state index contributed by atoms with van der Waals surface area (Å²) in [5.41, 5.74) is 4.20. The first kappa shape index (κ1) is 13.2. The van der Waals surface area contributed by atoms with Crippen molar-refractivity contribution in [3.8, 4) is 0 Å². The minimum Gasteiger partial charge on any atom is -0.340 e. The molecule has 102 valence electrons. The number of para-hydroxylation sites is 1. The van der Waals surface area contributed by atoms with Crippen LogP contribution >= 0.6 is 11.6 Å². The molecule has 0 bridgehead atoms. The monoisotopic (exact) mass is 285 g/mol. The van der Waals surface area contributed by atoms with Gasteiger partial charge in [-0.3, -0.25) is 4.79 Å². The van der Waals surface area contributed by atoms with Crippen LogP contribution in [0.15, 0.2) is 42.5 Å². The number of carbonyl (C=O) groups is 1. The first-order chi connectivity index (χ1) is 9.66. The third-order valence-electron chi connectivity index (χ3n) is 3.76. The van der Waals surface area contributed by atoms with E-state index >= 15 is 0 Å². The maximum atomic E-state index is 11.4. The number of anilines is 2. The van der Waals surface area contributed by atoms with Gasteiger partial charge in [-0.25, -0.2) is 0 Å². The highest BCUT2D eigenvalue weighted by Crippen LogP contribution is 2.37. The second-order valence-electron chi connectivity index (χ2n) is 5.11. The number of rotatable bonds is 2. The molecule has 3 heteroatoms. The van der Waals surface area contributed by atoms with E-state index in [1.807, 2.05) is 12.1 Å². The zero-order chi connectivity index (χ0) is 14.1. The van der Waals surface area contributed by atoms with Crippen LogP contribution in [0.3, 0.4) is 0 Å². The molecule has 0 saturated carbocycles. The van der Waals surface area contributed by atoms with Gasteiger partial charge in [-0.05, 0) is 49.6 Å². The summed E-state index contributed by atoms with van der Waals surface area (Å²) in [4.78, 5) is 13.7. The normalized spacial score (nSPS) is 14.0. The van der Waals surface area contributed by atoms with E-state index in [0.29, 0.717) is 10.6 Å². The van der Waals surface area contributed by atoms with Crippen LogP contribution in [0.1, 0.15) is 29.3 Å². The van der Waals surface area contributed by atoms with E-state index in [4.69, 9.17) is 11.6 Å². The summed E-state index contributed by atoms with van der Waals surface area (Å²) in [6.07, 6.45) is 2.22. The van der Waals surface area contributed by atoms with Crippen LogP contribution in [0.4, 0.5) is 11.4 Å². The van der Waals surface area contributed by atoms with Crippen molar-refractivity contribution in [3.63, 3.8) is 0 Å². The lowest BCUT2D eigenvalue weighted by Gasteiger charge is -2.32. The molecule has 2 aromatic rings. The van der Waals surface area contributed by atoms with Gasteiger partial charge in [0.1, 0.15) is 0 Å². The molecular weight excluding hydrogens is 270 g/mol. The fourth-order valence-corrected chi connectivity index (χ4v) is 3.01. The number of hydrogen-bond donors (Lipinski definition) is 0. The number of carbonyl (C=O) groups excluding carboxylic acids is 1. The molecule has 0 saturated heterocycles. The molecule has 0 spiro atoms.